The van der Waals surface area contributed by atoms with Gasteiger partial charge in [-0.1, -0.05) is 51.8 Å². The number of amides is 1. The third-order valence-electron chi connectivity index (χ3n) is 7.20. The highest BCUT2D eigenvalue weighted by Crippen LogP contribution is 2.22. The lowest BCUT2D eigenvalue weighted by molar-refractivity contribution is -0.126. The third-order valence-corrected chi connectivity index (χ3v) is 7.73. The molecule has 5 rings (SSSR count). The molecule has 3 heterocycles. The average molecular weight is 553 g/mol. The van der Waals surface area contributed by atoms with Crippen molar-refractivity contribution in [1.29, 1.82) is 0 Å². The standard InChI is InChI=1S/C28H34BrN5O2/c29-25-9-7-23(8-10-25)27-31-26(36-32-27)20-34-15-11-24(12-16-34)28(35)30-18-21-5-4-6-22(17-21)19-33-13-2-1-3-14-33/h4-10,17,24H,1-3,11-16,18-20H2,(H,30,35). The molecule has 3 aromatic rings. The average Bonchev–Trinajstić information content (AvgIpc) is 3.37. The van der Waals surface area contributed by atoms with E-state index in [1.807, 2.05) is 24.3 Å². The first kappa shape index (κ1) is 25.1. The first-order chi connectivity index (χ1) is 17.6. The number of piperidine rings is 2. The molecule has 1 aromatic heterocycles. The fraction of sp³-hybridized carbons (Fsp3) is 0.464. The maximum Gasteiger partial charge on any atom is 0.241 e. The predicted octanol–water partition coefficient (Wildman–Crippen LogP) is 5.01. The number of rotatable bonds is 8. The van der Waals surface area contributed by atoms with Gasteiger partial charge in [0, 0.05) is 29.0 Å². The summed E-state index contributed by atoms with van der Waals surface area (Å²) in [6.07, 6.45) is 5.64. The van der Waals surface area contributed by atoms with Crippen LogP contribution in [-0.4, -0.2) is 52.0 Å². The van der Waals surface area contributed by atoms with Crippen LogP contribution in [0.1, 0.15) is 49.1 Å². The maximum atomic E-state index is 12.8. The van der Waals surface area contributed by atoms with Crippen molar-refractivity contribution in [3.63, 3.8) is 0 Å². The van der Waals surface area contributed by atoms with Crippen molar-refractivity contribution < 1.29 is 9.32 Å². The van der Waals surface area contributed by atoms with E-state index in [0.29, 0.717) is 24.8 Å². The largest absolute Gasteiger partial charge is 0.352 e. The molecule has 0 aliphatic carbocycles. The Morgan fingerprint density at radius 3 is 2.44 bits per heavy atom. The van der Waals surface area contributed by atoms with Crippen molar-refractivity contribution in [2.75, 3.05) is 26.2 Å². The molecular weight excluding hydrogens is 518 g/mol. The van der Waals surface area contributed by atoms with Gasteiger partial charge >= 0.3 is 0 Å². The Bertz CT molecular complexity index is 1130. The molecule has 8 heteroatoms. The second-order valence-corrected chi connectivity index (χ2v) is 10.9. The van der Waals surface area contributed by atoms with Crippen molar-refractivity contribution >= 4 is 21.8 Å². The minimum Gasteiger partial charge on any atom is -0.352 e. The molecule has 7 nitrogen and oxygen atoms in total. The van der Waals surface area contributed by atoms with Gasteiger partial charge in [0.05, 0.1) is 6.54 Å². The number of hydrogen-bond donors (Lipinski definition) is 1. The smallest absolute Gasteiger partial charge is 0.241 e. The summed E-state index contributed by atoms with van der Waals surface area (Å²) < 4.78 is 6.49. The van der Waals surface area contributed by atoms with Crippen LogP contribution >= 0.6 is 15.9 Å². The normalized spacial score (nSPS) is 17.8. The lowest BCUT2D eigenvalue weighted by atomic mass is 9.96. The fourth-order valence-electron chi connectivity index (χ4n) is 5.13. The van der Waals surface area contributed by atoms with E-state index in [2.05, 4.69) is 65.5 Å². The molecule has 36 heavy (non-hydrogen) atoms. The highest BCUT2D eigenvalue weighted by molar-refractivity contribution is 9.10. The number of likely N-dealkylation sites (tertiary alicyclic amines) is 2. The molecule has 0 atom stereocenters. The molecule has 0 unspecified atom stereocenters. The molecule has 2 aliphatic heterocycles. The van der Waals surface area contributed by atoms with Crippen molar-refractivity contribution in [1.82, 2.24) is 25.3 Å². The lowest BCUT2D eigenvalue weighted by Crippen LogP contribution is -2.40. The van der Waals surface area contributed by atoms with Crippen LogP contribution in [0.3, 0.4) is 0 Å². The van der Waals surface area contributed by atoms with Gasteiger partial charge in [0.1, 0.15) is 0 Å². The molecule has 1 N–H and O–H groups in total. The van der Waals surface area contributed by atoms with Crippen molar-refractivity contribution in [2.24, 2.45) is 5.92 Å². The van der Waals surface area contributed by atoms with Gasteiger partial charge in [-0.15, -0.1) is 0 Å². The van der Waals surface area contributed by atoms with E-state index in [4.69, 9.17) is 4.52 Å². The first-order valence-electron chi connectivity index (χ1n) is 13.0. The Kier molecular flexibility index (Phi) is 8.46. The van der Waals surface area contributed by atoms with Gasteiger partial charge in [-0.2, -0.15) is 4.98 Å². The van der Waals surface area contributed by atoms with Gasteiger partial charge in [0.2, 0.25) is 17.6 Å². The Balaban J connectivity index is 1.06. The zero-order valence-electron chi connectivity index (χ0n) is 20.7. The molecular formula is C28H34BrN5O2. The van der Waals surface area contributed by atoms with Gasteiger partial charge in [-0.25, -0.2) is 0 Å². The van der Waals surface area contributed by atoms with Gasteiger partial charge in [0.15, 0.2) is 0 Å². The molecule has 0 saturated carbocycles. The van der Waals surface area contributed by atoms with E-state index in [1.165, 1.54) is 43.5 Å². The summed E-state index contributed by atoms with van der Waals surface area (Å²) in [4.78, 5) is 22.2. The fourth-order valence-corrected chi connectivity index (χ4v) is 5.39. The highest BCUT2D eigenvalue weighted by Gasteiger charge is 2.26. The molecule has 0 spiro atoms. The predicted molar refractivity (Wildman–Crippen MR) is 143 cm³/mol. The minimum absolute atomic E-state index is 0.0544. The van der Waals surface area contributed by atoms with Gasteiger partial charge < -0.3 is 9.84 Å². The number of carbonyl (C=O) groups is 1. The number of hydrogen-bond acceptors (Lipinski definition) is 6. The van der Waals surface area contributed by atoms with Gasteiger partial charge in [-0.3, -0.25) is 14.6 Å². The zero-order valence-corrected chi connectivity index (χ0v) is 22.3. The van der Waals surface area contributed by atoms with E-state index in [9.17, 15) is 4.79 Å². The number of nitrogens with zero attached hydrogens (tertiary/aromatic N) is 4. The second-order valence-electron chi connectivity index (χ2n) is 9.94. The monoisotopic (exact) mass is 551 g/mol. The van der Waals surface area contributed by atoms with E-state index in [1.54, 1.807) is 0 Å². The van der Waals surface area contributed by atoms with Gasteiger partial charge in [-0.05, 0) is 87.3 Å². The lowest BCUT2D eigenvalue weighted by Gasteiger charge is -2.30. The molecule has 2 fully saturated rings. The van der Waals surface area contributed by atoms with Crippen LogP contribution in [0.4, 0.5) is 0 Å². The molecule has 0 radical (unpaired) electrons. The van der Waals surface area contributed by atoms with E-state index in [0.717, 1.165) is 42.5 Å². The number of aromatic nitrogens is 2. The van der Waals surface area contributed by atoms with Crippen LogP contribution in [0.15, 0.2) is 57.5 Å². The van der Waals surface area contributed by atoms with Crippen LogP contribution in [0.25, 0.3) is 11.4 Å². The highest BCUT2D eigenvalue weighted by atomic mass is 79.9. The summed E-state index contributed by atoms with van der Waals surface area (Å²) in [6.45, 7) is 6.29. The van der Waals surface area contributed by atoms with Crippen LogP contribution in [-0.2, 0) is 24.4 Å². The van der Waals surface area contributed by atoms with Crippen LogP contribution < -0.4 is 5.32 Å². The van der Waals surface area contributed by atoms with Crippen LogP contribution in [0.2, 0.25) is 0 Å². The molecule has 190 valence electrons. The zero-order chi connectivity index (χ0) is 24.7. The second kappa shape index (κ2) is 12.1. The minimum atomic E-state index is 0.0544. The van der Waals surface area contributed by atoms with Gasteiger partial charge in [0.25, 0.3) is 0 Å². The summed E-state index contributed by atoms with van der Waals surface area (Å²) in [5, 5.41) is 7.30. The number of carbonyl (C=O) groups excluding carboxylic acids is 1. The summed E-state index contributed by atoms with van der Waals surface area (Å²) >= 11 is 3.44. The van der Waals surface area contributed by atoms with E-state index in [-0.39, 0.29) is 11.8 Å². The Labute approximate surface area is 221 Å². The van der Waals surface area contributed by atoms with E-state index < -0.39 is 0 Å². The molecule has 2 aliphatic rings. The molecule has 2 saturated heterocycles. The Hall–Kier alpha value is -2.55. The number of benzene rings is 2. The van der Waals surface area contributed by atoms with E-state index >= 15 is 0 Å². The SMILES string of the molecule is O=C(NCc1cccc(CN2CCCCC2)c1)C1CCN(Cc2nc(-c3ccc(Br)cc3)no2)CC1. The molecule has 0 bridgehead atoms. The summed E-state index contributed by atoms with van der Waals surface area (Å²) in [5.41, 5.74) is 3.44. The Morgan fingerprint density at radius 2 is 1.67 bits per heavy atom. The molecule has 1 amide bonds. The maximum absolute atomic E-state index is 12.8. The summed E-state index contributed by atoms with van der Waals surface area (Å²) in [5.74, 6) is 1.43. The van der Waals surface area contributed by atoms with Crippen molar-refractivity contribution in [3.05, 3.63) is 70.0 Å². The summed E-state index contributed by atoms with van der Waals surface area (Å²) in [7, 11) is 0. The van der Waals surface area contributed by atoms with Crippen molar-refractivity contribution in [3.8, 4) is 11.4 Å². The quantitative estimate of drug-likeness (QED) is 0.424. The third kappa shape index (κ3) is 6.81. The number of halogens is 1. The van der Waals surface area contributed by atoms with Crippen molar-refractivity contribution in [2.45, 2.75) is 51.7 Å². The first-order valence-corrected chi connectivity index (χ1v) is 13.8. The van der Waals surface area contributed by atoms with Crippen LogP contribution in [0, 0.1) is 5.92 Å². The number of nitrogens with one attached hydrogen (secondary N) is 1. The molecule has 2 aromatic carbocycles. The Morgan fingerprint density at radius 1 is 0.944 bits per heavy atom. The topological polar surface area (TPSA) is 74.5 Å². The summed E-state index contributed by atoms with van der Waals surface area (Å²) in [6, 6.07) is 16.5. The van der Waals surface area contributed by atoms with Crippen LogP contribution in [0.5, 0.6) is 0 Å².